The van der Waals surface area contributed by atoms with Gasteiger partial charge in [-0.05, 0) is 47.9 Å². The lowest BCUT2D eigenvalue weighted by atomic mass is 9.83. The number of hydrogen-bond donors (Lipinski definition) is 3. The van der Waals surface area contributed by atoms with Crippen molar-refractivity contribution in [1.82, 2.24) is 10.6 Å². The van der Waals surface area contributed by atoms with Gasteiger partial charge in [0.05, 0.1) is 17.9 Å². The van der Waals surface area contributed by atoms with Gasteiger partial charge in [-0.1, -0.05) is 61.4 Å². The van der Waals surface area contributed by atoms with Crippen LogP contribution in [0.5, 0.6) is 0 Å². The molecule has 3 aliphatic carbocycles. The molecule has 0 radical (unpaired) electrons. The fourth-order valence-corrected chi connectivity index (χ4v) is 5.55. The first kappa shape index (κ1) is 22.4. The van der Waals surface area contributed by atoms with Crippen LogP contribution in [0.25, 0.3) is 11.1 Å². The SMILES string of the molecule is O=C(O)CC1(NC(=O)[C@H]2CCCC[C@H]2NC(=O)OCC2c3ccccc3-c3ccccc32)CC1. The molecule has 3 aliphatic rings. The highest BCUT2D eigenvalue weighted by Gasteiger charge is 2.47. The maximum Gasteiger partial charge on any atom is 0.407 e. The number of carbonyl (C=O) groups is 3. The van der Waals surface area contributed by atoms with Gasteiger partial charge < -0.3 is 20.5 Å². The molecule has 2 fully saturated rings. The topological polar surface area (TPSA) is 105 Å². The summed E-state index contributed by atoms with van der Waals surface area (Å²) in [4.78, 5) is 36.9. The minimum atomic E-state index is -0.908. The second-order valence-electron chi connectivity index (χ2n) is 9.81. The summed E-state index contributed by atoms with van der Waals surface area (Å²) in [5.74, 6) is -1.47. The van der Waals surface area contributed by atoms with Gasteiger partial charge in [0, 0.05) is 12.0 Å². The average Bonchev–Trinajstić information content (AvgIpc) is 3.49. The van der Waals surface area contributed by atoms with Crippen LogP contribution in [0.1, 0.15) is 62.0 Å². The van der Waals surface area contributed by atoms with Crippen molar-refractivity contribution in [2.45, 2.75) is 62.4 Å². The molecule has 2 saturated carbocycles. The number of carbonyl (C=O) groups excluding carboxylic acids is 2. The first-order valence-corrected chi connectivity index (χ1v) is 12.1. The number of carboxylic acid groups (broad SMARTS) is 1. The highest BCUT2D eigenvalue weighted by Crippen LogP contribution is 2.44. The Hall–Kier alpha value is -3.35. The number of ether oxygens (including phenoxy) is 1. The number of rotatable bonds is 7. The lowest BCUT2D eigenvalue weighted by Crippen LogP contribution is -2.51. The molecule has 0 aliphatic heterocycles. The molecular weight excluding hydrogens is 432 g/mol. The van der Waals surface area contributed by atoms with E-state index in [2.05, 4.69) is 34.9 Å². The highest BCUT2D eigenvalue weighted by atomic mass is 16.5. The summed E-state index contributed by atoms with van der Waals surface area (Å²) >= 11 is 0. The third-order valence-electron chi connectivity index (χ3n) is 7.48. The Morgan fingerprint density at radius 2 is 1.56 bits per heavy atom. The zero-order valence-corrected chi connectivity index (χ0v) is 19.1. The maximum atomic E-state index is 13.0. The number of carboxylic acids is 1. The third kappa shape index (κ3) is 4.52. The van der Waals surface area contributed by atoms with E-state index in [0.717, 1.165) is 24.0 Å². The molecule has 0 heterocycles. The molecule has 2 aromatic carbocycles. The van der Waals surface area contributed by atoms with Crippen molar-refractivity contribution >= 4 is 18.0 Å². The molecule has 0 bridgehead atoms. The molecule has 0 spiro atoms. The summed E-state index contributed by atoms with van der Waals surface area (Å²) in [6.07, 6.45) is 4.00. The van der Waals surface area contributed by atoms with E-state index >= 15 is 0 Å². The molecule has 5 rings (SSSR count). The van der Waals surface area contributed by atoms with E-state index in [4.69, 9.17) is 9.84 Å². The Morgan fingerprint density at radius 3 is 2.18 bits per heavy atom. The van der Waals surface area contributed by atoms with E-state index < -0.39 is 17.6 Å². The van der Waals surface area contributed by atoms with Crippen LogP contribution in [0.3, 0.4) is 0 Å². The molecule has 2 amide bonds. The first-order valence-electron chi connectivity index (χ1n) is 12.1. The summed E-state index contributed by atoms with van der Waals surface area (Å²) in [5.41, 5.74) is 4.03. The minimum absolute atomic E-state index is 0.0191. The summed E-state index contributed by atoms with van der Waals surface area (Å²) in [7, 11) is 0. The van der Waals surface area contributed by atoms with Crippen molar-refractivity contribution in [2.75, 3.05) is 6.61 Å². The van der Waals surface area contributed by atoms with Crippen molar-refractivity contribution in [1.29, 1.82) is 0 Å². The van der Waals surface area contributed by atoms with Gasteiger partial charge in [0.15, 0.2) is 0 Å². The number of nitrogens with one attached hydrogen (secondary N) is 2. The maximum absolute atomic E-state index is 13.0. The Kier molecular flexibility index (Phi) is 6.02. The smallest absolute Gasteiger partial charge is 0.407 e. The van der Waals surface area contributed by atoms with Gasteiger partial charge in [-0.3, -0.25) is 9.59 Å². The summed E-state index contributed by atoms with van der Waals surface area (Å²) < 4.78 is 5.68. The van der Waals surface area contributed by atoms with Crippen molar-refractivity contribution in [2.24, 2.45) is 5.92 Å². The number of amides is 2. The van der Waals surface area contributed by atoms with Crippen molar-refractivity contribution < 1.29 is 24.2 Å². The Bertz CT molecular complexity index is 1060. The van der Waals surface area contributed by atoms with Crippen LogP contribution in [-0.2, 0) is 14.3 Å². The molecule has 7 heteroatoms. The van der Waals surface area contributed by atoms with Gasteiger partial charge in [-0.15, -0.1) is 0 Å². The molecule has 0 saturated heterocycles. The van der Waals surface area contributed by atoms with Crippen LogP contribution in [0.15, 0.2) is 48.5 Å². The lowest BCUT2D eigenvalue weighted by Gasteiger charge is -2.32. The zero-order valence-electron chi connectivity index (χ0n) is 19.1. The largest absolute Gasteiger partial charge is 0.481 e. The number of aliphatic carboxylic acids is 1. The predicted octanol–water partition coefficient (Wildman–Crippen LogP) is 4.21. The van der Waals surface area contributed by atoms with Gasteiger partial charge in [-0.25, -0.2) is 4.79 Å². The third-order valence-corrected chi connectivity index (χ3v) is 7.48. The minimum Gasteiger partial charge on any atom is -0.481 e. The predicted molar refractivity (Wildman–Crippen MR) is 126 cm³/mol. The van der Waals surface area contributed by atoms with E-state index in [9.17, 15) is 14.4 Å². The van der Waals surface area contributed by atoms with Crippen LogP contribution in [0.2, 0.25) is 0 Å². The zero-order chi connectivity index (χ0) is 23.7. The van der Waals surface area contributed by atoms with Crippen LogP contribution < -0.4 is 10.6 Å². The van der Waals surface area contributed by atoms with Crippen LogP contribution >= 0.6 is 0 Å². The molecule has 34 heavy (non-hydrogen) atoms. The molecule has 3 N–H and O–H groups in total. The molecule has 0 unspecified atom stereocenters. The number of benzene rings is 2. The van der Waals surface area contributed by atoms with Crippen molar-refractivity contribution in [3.05, 3.63) is 59.7 Å². The molecule has 0 aromatic heterocycles. The van der Waals surface area contributed by atoms with E-state index in [0.29, 0.717) is 25.7 Å². The van der Waals surface area contributed by atoms with Gasteiger partial charge in [-0.2, -0.15) is 0 Å². The Labute approximate surface area is 198 Å². The quantitative estimate of drug-likeness (QED) is 0.572. The van der Waals surface area contributed by atoms with Gasteiger partial charge >= 0.3 is 12.1 Å². The van der Waals surface area contributed by atoms with Gasteiger partial charge in [0.2, 0.25) is 5.91 Å². The first-order chi connectivity index (χ1) is 16.5. The fraction of sp³-hybridized carbons (Fsp3) is 0.444. The fourth-order valence-electron chi connectivity index (χ4n) is 5.55. The van der Waals surface area contributed by atoms with Crippen molar-refractivity contribution in [3.63, 3.8) is 0 Å². The highest BCUT2D eigenvalue weighted by molar-refractivity contribution is 5.83. The Balaban J connectivity index is 1.21. The van der Waals surface area contributed by atoms with Gasteiger partial charge in [0.25, 0.3) is 0 Å². The summed E-state index contributed by atoms with van der Waals surface area (Å²) in [5, 5.41) is 15.0. The molecule has 2 aromatic rings. The summed E-state index contributed by atoms with van der Waals surface area (Å²) in [6.45, 7) is 0.227. The number of hydrogen-bond acceptors (Lipinski definition) is 4. The van der Waals surface area contributed by atoms with Crippen LogP contribution in [-0.4, -0.2) is 41.3 Å². The number of alkyl carbamates (subject to hydrolysis) is 1. The van der Waals surface area contributed by atoms with E-state index in [1.165, 1.54) is 11.1 Å². The van der Waals surface area contributed by atoms with E-state index in [1.807, 2.05) is 24.3 Å². The van der Waals surface area contributed by atoms with E-state index in [-0.39, 0.29) is 36.8 Å². The average molecular weight is 463 g/mol. The Morgan fingerprint density at radius 1 is 0.941 bits per heavy atom. The normalized spacial score (nSPS) is 22.2. The second-order valence-corrected chi connectivity index (χ2v) is 9.81. The second kappa shape index (κ2) is 9.12. The standard InChI is InChI=1S/C27H30N2O5/c30-24(31)15-27(13-14-27)29-25(32)21-11-5-6-12-23(21)28-26(33)34-16-22-19-9-3-1-7-17(19)18-8-2-4-10-20(18)22/h1-4,7-10,21-23H,5-6,11-16H2,(H,28,33)(H,29,32)(H,30,31)/t21-,23+/m0/s1. The molecule has 2 atom stereocenters. The summed E-state index contributed by atoms with van der Waals surface area (Å²) in [6, 6.07) is 16.1. The monoisotopic (exact) mass is 462 g/mol. The molecule has 178 valence electrons. The van der Waals surface area contributed by atoms with E-state index in [1.54, 1.807) is 0 Å². The number of fused-ring (bicyclic) bond motifs is 3. The van der Waals surface area contributed by atoms with Gasteiger partial charge in [0.1, 0.15) is 6.61 Å². The molecular formula is C27H30N2O5. The van der Waals surface area contributed by atoms with Crippen molar-refractivity contribution in [3.8, 4) is 11.1 Å². The molecule has 7 nitrogen and oxygen atoms in total. The lowest BCUT2D eigenvalue weighted by molar-refractivity contribution is -0.138. The van der Waals surface area contributed by atoms with Crippen LogP contribution in [0, 0.1) is 5.92 Å². The van der Waals surface area contributed by atoms with Crippen LogP contribution in [0.4, 0.5) is 4.79 Å².